The van der Waals surface area contributed by atoms with E-state index >= 15 is 0 Å². The van der Waals surface area contributed by atoms with Gasteiger partial charge in [0.15, 0.2) is 0 Å². The van der Waals surface area contributed by atoms with Gasteiger partial charge in [0, 0.05) is 0 Å². The van der Waals surface area contributed by atoms with Crippen LogP contribution < -0.4 is 0 Å². The lowest BCUT2D eigenvalue weighted by Gasteiger charge is -2.55. The summed E-state index contributed by atoms with van der Waals surface area (Å²) in [5.74, 6) is 6.32. The Bertz CT molecular complexity index is 716. The Hall–Kier alpha value is -0.560. The van der Waals surface area contributed by atoms with Crippen LogP contribution in [-0.4, -0.2) is 11.2 Å². The Morgan fingerprint density at radius 2 is 1.79 bits per heavy atom. The predicted octanol–water partition coefficient (Wildman–Crippen LogP) is 7.16. The van der Waals surface area contributed by atoms with E-state index in [0.717, 1.165) is 54.3 Å². The highest BCUT2D eigenvalue weighted by Crippen LogP contribution is 2.67. The lowest BCUT2D eigenvalue weighted by molar-refractivity contribution is 0.0300. The molecule has 5 rings (SSSR count). The minimum absolute atomic E-state index is 0.104. The number of rotatable bonds is 4. The first-order valence-electron chi connectivity index (χ1n) is 12.8. The van der Waals surface area contributed by atoms with Gasteiger partial charge >= 0.3 is 0 Å². The van der Waals surface area contributed by atoms with Crippen LogP contribution in [0.25, 0.3) is 0 Å². The van der Waals surface area contributed by atoms with E-state index in [0.29, 0.717) is 10.8 Å². The largest absolute Gasteiger partial charge is 0.393 e. The van der Waals surface area contributed by atoms with Crippen molar-refractivity contribution in [2.75, 3.05) is 0 Å². The molecule has 0 radical (unpaired) electrons. The average molecular weight is 397 g/mol. The number of allylic oxidation sites excluding steroid dienone is 3. The Kier molecular flexibility index (Phi) is 4.89. The average Bonchev–Trinajstić information content (AvgIpc) is 3.32. The molecule has 29 heavy (non-hydrogen) atoms. The quantitative estimate of drug-likeness (QED) is 0.534. The molecule has 5 aliphatic carbocycles. The van der Waals surface area contributed by atoms with E-state index in [9.17, 15) is 5.11 Å². The lowest BCUT2D eigenvalue weighted by atomic mass is 9.50. The fourth-order valence-corrected chi connectivity index (χ4v) is 8.98. The molecule has 0 amide bonds. The molecule has 5 aliphatic rings. The zero-order valence-corrected chi connectivity index (χ0v) is 19.6. The third-order valence-corrected chi connectivity index (χ3v) is 10.7. The van der Waals surface area contributed by atoms with E-state index < -0.39 is 0 Å². The van der Waals surface area contributed by atoms with E-state index in [1.165, 1.54) is 44.9 Å². The van der Waals surface area contributed by atoms with Crippen LogP contribution >= 0.6 is 0 Å². The standard InChI is InChI=1S/C28H44O/c1-17(2)14-19-15-23(19)18(3)24-8-9-25-22-7-6-20-16-21(29)10-12-27(20,4)26(22)11-13-28(24,25)5/h6-7,17-19,21,23-26,29H,8-16H2,1-5H3/t18-,19-,21+,23+,24-,25+,26+,27+,28-/m1/s1. The maximum Gasteiger partial charge on any atom is 0.0578 e. The third-order valence-electron chi connectivity index (χ3n) is 10.7. The Labute approximate surface area is 179 Å². The van der Waals surface area contributed by atoms with Gasteiger partial charge in [-0.2, -0.15) is 0 Å². The number of hydrogen-bond donors (Lipinski definition) is 1. The maximum atomic E-state index is 10.2. The van der Waals surface area contributed by atoms with Crippen molar-refractivity contribution >= 4 is 0 Å². The Morgan fingerprint density at radius 3 is 2.55 bits per heavy atom. The number of aliphatic hydroxyl groups excluding tert-OH is 1. The zero-order valence-electron chi connectivity index (χ0n) is 19.6. The van der Waals surface area contributed by atoms with Gasteiger partial charge in [-0.3, -0.25) is 0 Å². The molecular formula is C28H44O. The van der Waals surface area contributed by atoms with Crippen molar-refractivity contribution in [1.29, 1.82) is 0 Å². The van der Waals surface area contributed by atoms with E-state index in [-0.39, 0.29) is 6.10 Å². The van der Waals surface area contributed by atoms with E-state index in [1.54, 1.807) is 5.57 Å². The molecule has 1 N–H and O–H groups in total. The minimum atomic E-state index is -0.104. The monoisotopic (exact) mass is 396 g/mol. The second kappa shape index (κ2) is 6.98. The summed E-state index contributed by atoms with van der Waals surface area (Å²) in [6.07, 6.45) is 16.6. The van der Waals surface area contributed by atoms with E-state index in [4.69, 9.17) is 0 Å². The van der Waals surface area contributed by atoms with Crippen molar-refractivity contribution in [3.05, 3.63) is 23.3 Å². The second-order valence-electron chi connectivity index (χ2n) is 12.7. The van der Waals surface area contributed by atoms with Crippen molar-refractivity contribution in [3.8, 4) is 0 Å². The van der Waals surface area contributed by atoms with Crippen molar-refractivity contribution in [3.63, 3.8) is 0 Å². The molecule has 0 aromatic heterocycles. The summed E-state index contributed by atoms with van der Waals surface area (Å²) < 4.78 is 0. The SMILES string of the molecule is CC(C)C[C@@H]1C[C@H]1[C@@H](C)[C@H]1CC[C@H]2C3=CC=C4C[C@@H](O)CC[C@]4(C)[C@H]3CC[C@]12C. The van der Waals surface area contributed by atoms with Crippen LogP contribution in [0.5, 0.6) is 0 Å². The number of aliphatic hydroxyl groups is 1. The molecule has 1 nitrogen and oxygen atoms in total. The minimum Gasteiger partial charge on any atom is -0.393 e. The summed E-state index contributed by atoms with van der Waals surface area (Å²) in [4.78, 5) is 0. The second-order valence-corrected chi connectivity index (χ2v) is 12.7. The van der Waals surface area contributed by atoms with Gasteiger partial charge in [-0.05, 0) is 110 Å². The Balaban J connectivity index is 1.37. The molecule has 9 atom stereocenters. The van der Waals surface area contributed by atoms with Gasteiger partial charge in [0.25, 0.3) is 0 Å². The molecule has 0 aromatic carbocycles. The number of fused-ring (bicyclic) bond motifs is 5. The fraction of sp³-hybridized carbons (Fsp3) is 0.857. The highest BCUT2D eigenvalue weighted by atomic mass is 16.3. The first-order valence-corrected chi connectivity index (χ1v) is 12.8. The first kappa shape index (κ1) is 20.3. The van der Waals surface area contributed by atoms with Crippen LogP contribution in [0.4, 0.5) is 0 Å². The van der Waals surface area contributed by atoms with Crippen LogP contribution in [0, 0.1) is 52.3 Å². The van der Waals surface area contributed by atoms with Gasteiger partial charge < -0.3 is 5.11 Å². The van der Waals surface area contributed by atoms with Crippen molar-refractivity contribution < 1.29 is 5.11 Å². The summed E-state index contributed by atoms with van der Waals surface area (Å²) in [6.45, 7) is 12.6. The molecular weight excluding hydrogens is 352 g/mol. The van der Waals surface area contributed by atoms with Crippen LogP contribution in [0.2, 0.25) is 0 Å². The van der Waals surface area contributed by atoms with Gasteiger partial charge in [0.2, 0.25) is 0 Å². The molecule has 0 heterocycles. The van der Waals surface area contributed by atoms with E-state index in [2.05, 4.69) is 46.8 Å². The number of hydrogen-bond acceptors (Lipinski definition) is 1. The molecule has 0 unspecified atom stereocenters. The molecule has 0 spiro atoms. The van der Waals surface area contributed by atoms with Gasteiger partial charge in [-0.1, -0.05) is 57.9 Å². The summed E-state index contributed by atoms with van der Waals surface area (Å²) in [5, 5.41) is 10.2. The summed E-state index contributed by atoms with van der Waals surface area (Å²) in [5.41, 5.74) is 4.21. The van der Waals surface area contributed by atoms with Gasteiger partial charge in [0.1, 0.15) is 0 Å². The van der Waals surface area contributed by atoms with Crippen LogP contribution in [0.15, 0.2) is 23.3 Å². The topological polar surface area (TPSA) is 20.2 Å². The van der Waals surface area contributed by atoms with Crippen molar-refractivity contribution in [2.45, 2.75) is 98.5 Å². The summed E-state index contributed by atoms with van der Waals surface area (Å²) in [7, 11) is 0. The fourth-order valence-electron chi connectivity index (χ4n) is 8.98. The highest BCUT2D eigenvalue weighted by Gasteiger charge is 2.58. The van der Waals surface area contributed by atoms with Crippen LogP contribution in [0.1, 0.15) is 92.4 Å². The maximum absolute atomic E-state index is 10.2. The summed E-state index contributed by atoms with van der Waals surface area (Å²) in [6, 6.07) is 0. The lowest BCUT2D eigenvalue weighted by Crippen LogP contribution is -2.46. The normalized spacial score (nSPS) is 49.6. The molecule has 4 saturated carbocycles. The van der Waals surface area contributed by atoms with Gasteiger partial charge in [-0.25, -0.2) is 0 Å². The van der Waals surface area contributed by atoms with Crippen LogP contribution in [-0.2, 0) is 0 Å². The smallest absolute Gasteiger partial charge is 0.0578 e. The van der Waals surface area contributed by atoms with Gasteiger partial charge in [-0.15, -0.1) is 0 Å². The highest BCUT2D eigenvalue weighted by molar-refractivity contribution is 5.38. The van der Waals surface area contributed by atoms with Gasteiger partial charge in [0.05, 0.1) is 6.10 Å². The molecule has 162 valence electrons. The van der Waals surface area contributed by atoms with Crippen molar-refractivity contribution in [2.24, 2.45) is 52.3 Å². The molecule has 1 heteroatoms. The van der Waals surface area contributed by atoms with Crippen LogP contribution in [0.3, 0.4) is 0 Å². The molecule has 0 aliphatic heterocycles. The van der Waals surface area contributed by atoms with Crippen molar-refractivity contribution in [1.82, 2.24) is 0 Å². The first-order chi connectivity index (χ1) is 13.7. The molecule has 0 aromatic rings. The predicted molar refractivity (Wildman–Crippen MR) is 121 cm³/mol. The molecule has 4 fully saturated rings. The molecule has 0 bridgehead atoms. The molecule has 0 saturated heterocycles. The Morgan fingerprint density at radius 1 is 1.00 bits per heavy atom. The third kappa shape index (κ3) is 3.12. The summed E-state index contributed by atoms with van der Waals surface area (Å²) >= 11 is 0. The zero-order chi connectivity index (χ0) is 20.6. The van der Waals surface area contributed by atoms with E-state index in [1.807, 2.05) is 5.57 Å².